The Balaban J connectivity index is 2.40. The summed E-state index contributed by atoms with van der Waals surface area (Å²) in [5.74, 6) is -0.933. The first-order valence-electron chi connectivity index (χ1n) is 7.17. The van der Waals surface area contributed by atoms with E-state index in [1.807, 2.05) is 12.1 Å². The summed E-state index contributed by atoms with van der Waals surface area (Å²) in [5.41, 5.74) is 1.87. The largest absolute Gasteiger partial charge is 0.462 e. The first-order valence-corrected chi connectivity index (χ1v) is 7.17. The van der Waals surface area contributed by atoms with Crippen molar-refractivity contribution >= 4 is 17.7 Å². The fraction of sp³-hybridized carbons (Fsp3) is 0.471. The number of benzene rings is 1. The van der Waals surface area contributed by atoms with Crippen LogP contribution < -0.4 is 0 Å². The van der Waals surface area contributed by atoms with E-state index in [1.54, 1.807) is 12.1 Å². The van der Waals surface area contributed by atoms with Gasteiger partial charge in [0, 0.05) is 5.71 Å². The van der Waals surface area contributed by atoms with E-state index in [-0.39, 0.29) is 30.8 Å². The van der Waals surface area contributed by atoms with Gasteiger partial charge in [-0.3, -0.25) is 4.79 Å². The molecule has 0 fully saturated rings. The maximum atomic E-state index is 11.8. The van der Waals surface area contributed by atoms with Crippen molar-refractivity contribution in [2.24, 2.45) is 0 Å². The molecule has 0 aliphatic heterocycles. The lowest BCUT2D eigenvalue weighted by Crippen LogP contribution is -2.16. The van der Waals surface area contributed by atoms with Crippen LogP contribution in [-0.4, -0.2) is 30.9 Å². The summed E-state index contributed by atoms with van der Waals surface area (Å²) < 4.78 is 9.89. The summed E-state index contributed by atoms with van der Waals surface area (Å²) in [5, 5.41) is 7.16. The highest BCUT2D eigenvalue weighted by atomic mass is 16.6. The van der Waals surface area contributed by atoms with E-state index in [4.69, 9.17) is 14.9 Å². The van der Waals surface area contributed by atoms with E-state index in [0.29, 0.717) is 5.56 Å². The highest BCUT2D eigenvalue weighted by Crippen LogP contribution is 2.22. The van der Waals surface area contributed by atoms with Crippen molar-refractivity contribution in [1.29, 1.82) is 5.41 Å². The molecule has 0 atom stereocenters. The Labute approximate surface area is 131 Å². The molecule has 22 heavy (non-hydrogen) atoms. The quantitative estimate of drug-likeness (QED) is 0.498. The molecule has 0 amide bonds. The smallest absolute Gasteiger partial charge is 0.338 e. The molecule has 1 aromatic rings. The topological polar surface area (TPSA) is 76.5 Å². The van der Waals surface area contributed by atoms with Gasteiger partial charge in [0.25, 0.3) is 0 Å². The number of nitrogens with one attached hydrogen (secondary N) is 1. The molecule has 5 nitrogen and oxygen atoms in total. The summed E-state index contributed by atoms with van der Waals surface area (Å²) in [7, 11) is 0. The van der Waals surface area contributed by atoms with Crippen LogP contribution in [0.25, 0.3) is 0 Å². The Morgan fingerprint density at radius 2 is 1.59 bits per heavy atom. The van der Waals surface area contributed by atoms with E-state index in [1.165, 1.54) is 6.92 Å². The van der Waals surface area contributed by atoms with Gasteiger partial charge in [0.05, 0.1) is 12.0 Å². The third kappa shape index (κ3) is 6.08. The number of rotatable bonds is 6. The minimum atomic E-state index is -0.488. The average molecular weight is 305 g/mol. The summed E-state index contributed by atoms with van der Waals surface area (Å²) in [6.45, 7) is 7.84. The van der Waals surface area contributed by atoms with Gasteiger partial charge in [0.1, 0.15) is 13.2 Å². The van der Waals surface area contributed by atoms with Gasteiger partial charge >= 0.3 is 11.9 Å². The van der Waals surface area contributed by atoms with Crippen molar-refractivity contribution in [3.8, 4) is 0 Å². The molecule has 0 aliphatic rings. The Morgan fingerprint density at radius 3 is 2.09 bits per heavy atom. The van der Waals surface area contributed by atoms with Gasteiger partial charge in [-0.25, -0.2) is 4.79 Å². The predicted octanol–water partition coefficient (Wildman–Crippen LogP) is 3.11. The Hall–Kier alpha value is -2.17. The molecule has 0 unspecified atom stereocenters. The summed E-state index contributed by atoms with van der Waals surface area (Å²) in [4.78, 5) is 23.0. The van der Waals surface area contributed by atoms with Crippen LogP contribution in [0.4, 0.5) is 0 Å². The molecular formula is C17H23NO4. The molecule has 0 aromatic heterocycles. The molecule has 1 N–H and O–H groups in total. The van der Waals surface area contributed by atoms with E-state index in [9.17, 15) is 9.59 Å². The number of carbonyl (C=O) groups is 2. The fourth-order valence-corrected chi connectivity index (χ4v) is 1.75. The first-order chi connectivity index (χ1) is 10.2. The second-order valence-corrected chi connectivity index (χ2v) is 6.14. The van der Waals surface area contributed by atoms with Crippen molar-refractivity contribution in [2.75, 3.05) is 13.2 Å². The van der Waals surface area contributed by atoms with Crippen LogP contribution in [0.3, 0.4) is 0 Å². The zero-order valence-electron chi connectivity index (χ0n) is 13.6. The predicted molar refractivity (Wildman–Crippen MR) is 84.4 cm³/mol. The normalized spacial score (nSPS) is 10.9. The average Bonchev–Trinajstić information content (AvgIpc) is 2.42. The molecule has 0 spiro atoms. The maximum absolute atomic E-state index is 11.8. The lowest BCUT2D eigenvalue weighted by molar-refractivity contribution is -0.143. The molecule has 0 saturated carbocycles. The molecule has 0 saturated heterocycles. The Kier molecular flexibility index (Phi) is 6.28. The standard InChI is InChI=1S/C17H23NO4/c1-12(18)11-15(19)21-9-10-22-16(20)13-5-7-14(8-6-13)17(2,3)4/h5-8,18H,9-11H2,1-4H3. The van der Waals surface area contributed by atoms with Gasteiger partial charge in [-0.15, -0.1) is 0 Å². The number of hydrogen-bond acceptors (Lipinski definition) is 5. The highest BCUT2D eigenvalue weighted by molar-refractivity contribution is 5.95. The van der Waals surface area contributed by atoms with Crippen molar-refractivity contribution in [3.05, 3.63) is 35.4 Å². The molecule has 5 heteroatoms. The maximum Gasteiger partial charge on any atom is 0.338 e. The lowest BCUT2D eigenvalue weighted by Gasteiger charge is -2.18. The number of hydrogen-bond donors (Lipinski definition) is 1. The van der Waals surface area contributed by atoms with Gasteiger partial charge < -0.3 is 14.9 Å². The monoisotopic (exact) mass is 305 g/mol. The third-order valence-corrected chi connectivity index (χ3v) is 2.98. The van der Waals surface area contributed by atoms with E-state index in [0.717, 1.165) is 5.56 Å². The first kappa shape index (κ1) is 17.9. The summed E-state index contributed by atoms with van der Waals surface area (Å²) in [6.07, 6.45) is -0.0395. The molecule has 0 radical (unpaired) electrons. The van der Waals surface area contributed by atoms with Crippen molar-refractivity contribution in [2.45, 2.75) is 39.5 Å². The van der Waals surface area contributed by atoms with Gasteiger partial charge in [-0.2, -0.15) is 0 Å². The number of carbonyl (C=O) groups excluding carboxylic acids is 2. The zero-order valence-corrected chi connectivity index (χ0v) is 13.6. The van der Waals surface area contributed by atoms with Gasteiger partial charge in [0.15, 0.2) is 0 Å². The lowest BCUT2D eigenvalue weighted by atomic mass is 9.87. The van der Waals surface area contributed by atoms with Crippen LogP contribution >= 0.6 is 0 Å². The van der Waals surface area contributed by atoms with Gasteiger partial charge in [-0.1, -0.05) is 32.9 Å². The molecule has 1 aromatic carbocycles. The van der Waals surface area contributed by atoms with Crippen LogP contribution in [0, 0.1) is 5.41 Å². The molecule has 120 valence electrons. The number of esters is 2. The van der Waals surface area contributed by atoms with Crippen molar-refractivity contribution in [1.82, 2.24) is 0 Å². The minimum absolute atomic E-state index is 0.00206. The second kappa shape index (κ2) is 7.73. The van der Waals surface area contributed by atoms with Gasteiger partial charge in [-0.05, 0) is 30.0 Å². The molecule has 0 bridgehead atoms. The van der Waals surface area contributed by atoms with Crippen LogP contribution in [0.1, 0.15) is 50.0 Å². The van der Waals surface area contributed by atoms with Crippen LogP contribution in [-0.2, 0) is 19.7 Å². The van der Waals surface area contributed by atoms with Crippen molar-refractivity contribution < 1.29 is 19.1 Å². The van der Waals surface area contributed by atoms with Crippen LogP contribution in [0.15, 0.2) is 24.3 Å². The van der Waals surface area contributed by atoms with Crippen LogP contribution in [0.5, 0.6) is 0 Å². The van der Waals surface area contributed by atoms with E-state index in [2.05, 4.69) is 20.8 Å². The SMILES string of the molecule is CC(=N)CC(=O)OCCOC(=O)c1ccc(C(C)(C)C)cc1. The summed E-state index contributed by atoms with van der Waals surface area (Å²) in [6, 6.07) is 7.27. The molecule has 0 heterocycles. The third-order valence-electron chi connectivity index (χ3n) is 2.98. The summed E-state index contributed by atoms with van der Waals surface area (Å²) >= 11 is 0. The van der Waals surface area contributed by atoms with E-state index < -0.39 is 11.9 Å². The fourth-order valence-electron chi connectivity index (χ4n) is 1.75. The zero-order chi connectivity index (χ0) is 16.8. The molecular weight excluding hydrogens is 282 g/mol. The molecule has 0 aliphatic carbocycles. The minimum Gasteiger partial charge on any atom is -0.462 e. The Bertz CT molecular complexity index is 541. The highest BCUT2D eigenvalue weighted by Gasteiger charge is 2.14. The number of ether oxygens (including phenoxy) is 2. The van der Waals surface area contributed by atoms with Crippen molar-refractivity contribution in [3.63, 3.8) is 0 Å². The van der Waals surface area contributed by atoms with E-state index >= 15 is 0 Å². The van der Waals surface area contributed by atoms with Gasteiger partial charge in [0.2, 0.25) is 0 Å². The molecule has 1 rings (SSSR count). The Morgan fingerprint density at radius 1 is 1.05 bits per heavy atom. The van der Waals surface area contributed by atoms with Crippen LogP contribution in [0.2, 0.25) is 0 Å². The second-order valence-electron chi connectivity index (χ2n) is 6.14.